The van der Waals surface area contributed by atoms with E-state index < -0.39 is 109 Å². The van der Waals surface area contributed by atoms with E-state index in [9.17, 15) is 48.6 Å². The third kappa shape index (κ3) is 20.3. The third-order valence-electron chi connectivity index (χ3n) is 8.29. The number of nitrogens with two attached hydrogens (primary N) is 4. The Morgan fingerprint density at radius 3 is 1.59 bits per heavy atom. The zero-order chi connectivity index (χ0) is 41.5. The fourth-order valence-electron chi connectivity index (χ4n) is 5.09. The molecule has 0 aromatic heterocycles. The highest BCUT2D eigenvalue weighted by Crippen LogP contribution is 2.12. The average molecular weight is 773 g/mol. The number of aliphatic carboxylic acids is 3. The summed E-state index contributed by atoms with van der Waals surface area (Å²) in [5.41, 5.74) is 21.9. The molecule has 0 fully saturated rings. The van der Waals surface area contributed by atoms with E-state index in [0.717, 1.165) is 0 Å². The van der Waals surface area contributed by atoms with Crippen molar-refractivity contribution in [3.05, 3.63) is 0 Å². The lowest BCUT2D eigenvalue weighted by Gasteiger charge is -2.28. The minimum absolute atomic E-state index is 0.0396. The number of hydrogen-bond acceptors (Lipinski definition) is 11. The molecular weight excluding hydrogens is 712 g/mol. The van der Waals surface area contributed by atoms with Gasteiger partial charge >= 0.3 is 17.9 Å². The molecule has 7 atom stereocenters. The van der Waals surface area contributed by atoms with Crippen molar-refractivity contribution < 1.29 is 53.7 Å². The summed E-state index contributed by atoms with van der Waals surface area (Å²) < 4.78 is 0. The van der Waals surface area contributed by atoms with Gasteiger partial charge in [-0.1, -0.05) is 34.1 Å². The van der Waals surface area contributed by atoms with Gasteiger partial charge < -0.3 is 64.8 Å². The van der Waals surface area contributed by atoms with Crippen molar-refractivity contribution in [3.8, 4) is 0 Å². The van der Waals surface area contributed by atoms with Crippen LogP contribution < -0.4 is 49.5 Å². The maximum Gasteiger partial charge on any atom is 0.326 e. The molecule has 21 nitrogen and oxygen atoms in total. The maximum absolute atomic E-state index is 13.7. The number of carbonyl (C=O) groups is 8. The molecule has 0 unspecified atom stereocenters. The number of guanidine groups is 1. The Balaban J connectivity index is 6.36. The number of unbranched alkanes of at least 4 members (excludes halogenated alkanes) is 1. The highest BCUT2D eigenvalue weighted by molar-refractivity contribution is 5.96. The number of nitrogens with zero attached hydrogens (tertiary/aromatic N) is 1. The lowest BCUT2D eigenvalue weighted by atomic mass is 9.98. The van der Waals surface area contributed by atoms with Crippen LogP contribution >= 0.6 is 0 Å². The van der Waals surface area contributed by atoms with E-state index >= 15 is 0 Å². The molecule has 0 saturated carbocycles. The molecule has 0 spiro atoms. The number of aliphatic imine (C=N–C) groups is 1. The summed E-state index contributed by atoms with van der Waals surface area (Å²) in [4.78, 5) is 105. The van der Waals surface area contributed by atoms with Crippen molar-refractivity contribution in [3.63, 3.8) is 0 Å². The fourth-order valence-corrected chi connectivity index (χ4v) is 5.09. The molecule has 16 N–H and O–H groups in total. The standard InChI is InChI=1S/C33H60N10O11/c1-5-18(4)26(32(53)54)43-30(51)20(9-6-7-13-34)40-31(52)23(15-17(2)3)42-29(50)22(11-12-24(44)45)41-28(49)21(10-8-14-38-33(36)37)39-27(48)19(35)16-25(46)47/h17-23,26H,5-16,34-35H2,1-4H3,(H,39,48)(H,40,52)(H,41,49)(H,42,50)(H,43,51)(H,44,45)(H,46,47)(H,53,54)(H4,36,37,38)/t18-,19-,20-,21-,22-,23-,26-/m0/s1. The van der Waals surface area contributed by atoms with Gasteiger partial charge in [-0.3, -0.25) is 38.6 Å². The summed E-state index contributed by atoms with van der Waals surface area (Å²) in [6, 6.07) is -8.17. The van der Waals surface area contributed by atoms with Crippen LogP contribution in [0.25, 0.3) is 0 Å². The molecule has 0 rings (SSSR count). The summed E-state index contributed by atoms with van der Waals surface area (Å²) >= 11 is 0. The molecule has 0 heterocycles. The van der Waals surface area contributed by atoms with Crippen LogP contribution in [0.15, 0.2) is 4.99 Å². The topological polar surface area (TPSA) is 374 Å². The van der Waals surface area contributed by atoms with Crippen molar-refractivity contribution in [2.24, 2.45) is 39.8 Å². The minimum Gasteiger partial charge on any atom is -0.481 e. The van der Waals surface area contributed by atoms with Crippen molar-refractivity contribution in [1.29, 1.82) is 0 Å². The van der Waals surface area contributed by atoms with Gasteiger partial charge in [-0.2, -0.15) is 0 Å². The van der Waals surface area contributed by atoms with Gasteiger partial charge in [0.05, 0.1) is 12.5 Å². The Morgan fingerprint density at radius 1 is 0.648 bits per heavy atom. The van der Waals surface area contributed by atoms with Gasteiger partial charge in [-0.25, -0.2) is 4.79 Å². The van der Waals surface area contributed by atoms with Crippen LogP contribution in [0.5, 0.6) is 0 Å². The molecule has 0 radical (unpaired) electrons. The van der Waals surface area contributed by atoms with Crippen LogP contribution in [-0.2, 0) is 38.4 Å². The normalized spacial score (nSPS) is 14.9. The van der Waals surface area contributed by atoms with Gasteiger partial charge in [0.15, 0.2) is 5.96 Å². The molecule has 0 aliphatic heterocycles. The molecule has 0 aromatic carbocycles. The number of carboxylic acid groups (broad SMARTS) is 3. The number of carbonyl (C=O) groups excluding carboxylic acids is 5. The molecule has 308 valence electrons. The predicted molar refractivity (Wildman–Crippen MR) is 196 cm³/mol. The number of rotatable bonds is 28. The monoisotopic (exact) mass is 772 g/mol. The molecule has 5 amide bonds. The maximum atomic E-state index is 13.7. The Bertz CT molecular complexity index is 1310. The predicted octanol–water partition coefficient (Wildman–Crippen LogP) is -2.56. The zero-order valence-electron chi connectivity index (χ0n) is 31.5. The smallest absolute Gasteiger partial charge is 0.326 e. The van der Waals surface area contributed by atoms with E-state index in [0.29, 0.717) is 25.8 Å². The van der Waals surface area contributed by atoms with Crippen LogP contribution in [-0.4, -0.2) is 118 Å². The Labute approximate surface area is 314 Å². The van der Waals surface area contributed by atoms with Gasteiger partial charge in [0, 0.05) is 13.0 Å². The minimum atomic E-state index is -1.55. The van der Waals surface area contributed by atoms with E-state index in [-0.39, 0.29) is 44.1 Å². The summed E-state index contributed by atoms with van der Waals surface area (Å²) in [6.45, 7) is 7.29. The molecule has 21 heteroatoms. The Hall–Kier alpha value is -5.05. The molecule has 0 bridgehead atoms. The number of hydrogen-bond donors (Lipinski definition) is 12. The van der Waals surface area contributed by atoms with Gasteiger partial charge in [0.25, 0.3) is 0 Å². The molecule has 0 aliphatic carbocycles. The number of nitrogens with one attached hydrogen (secondary N) is 5. The van der Waals surface area contributed by atoms with Crippen molar-refractivity contribution in [1.82, 2.24) is 26.6 Å². The molecule has 0 aliphatic rings. The second-order valence-electron chi connectivity index (χ2n) is 13.5. The quantitative estimate of drug-likeness (QED) is 0.0221. The molecule has 0 aromatic rings. The largest absolute Gasteiger partial charge is 0.481 e. The van der Waals surface area contributed by atoms with E-state index in [2.05, 4.69) is 31.6 Å². The Morgan fingerprint density at radius 2 is 1.13 bits per heavy atom. The first-order chi connectivity index (χ1) is 25.2. The van der Waals surface area contributed by atoms with E-state index in [1.165, 1.54) is 0 Å². The first-order valence-corrected chi connectivity index (χ1v) is 17.9. The second kappa shape index (κ2) is 25.8. The van der Waals surface area contributed by atoms with E-state index in [1.807, 2.05) is 0 Å². The van der Waals surface area contributed by atoms with Crippen molar-refractivity contribution in [2.45, 2.75) is 128 Å². The van der Waals surface area contributed by atoms with Crippen LogP contribution in [0.3, 0.4) is 0 Å². The first kappa shape index (κ1) is 49.0. The number of carboxylic acids is 3. The number of amides is 5. The van der Waals surface area contributed by atoms with E-state index in [4.69, 9.17) is 28.0 Å². The highest BCUT2D eigenvalue weighted by Gasteiger charge is 2.34. The summed E-state index contributed by atoms with van der Waals surface area (Å²) in [6.07, 6.45) is -0.224. The first-order valence-electron chi connectivity index (χ1n) is 17.9. The van der Waals surface area contributed by atoms with Gasteiger partial charge in [0.1, 0.15) is 30.2 Å². The molecular formula is C33H60N10O11. The third-order valence-corrected chi connectivity index (χ3v) is 8.29. The van der Waals surface area contributed by atoms with Gasteiger partial charge in [0.2, 0.25) is 29.5 Å². The van der Waals surface area contributed by atoms with Crippen LogP contribution in [0.1, 0.15) is 91.9 Å². The fraction of sp³-hybridized carbons (Fsp3) is 0.727. The summed E-state index contributed by atoms with van der Waals surface area (Å²) in [7, 11) is 0. The summed E-state index contributed by atoms with van der Waals surface area (Å²) in [5.74, 6) is -9.19. The van der Waals surface area contributed by atoms with E-state index in [1.54, 1.807) is 27.7 Å². The second-order valence-corrected chi connectivity index (χ2v) is 13.5. The lowest BCUT2D eigenvalue weighted by Crippen LogP contribution is -2.59. The van der Waals surface area contributed by atoms with Crippen LogP contribution in [0.2, 0.25) is 0 Å². The van der Waals surface area contributed by atoms with Crippen molar-refractivity contribution in [2.75, 3.05) is 13.1 Å². The highest BCUT2D eigenvalue weighted by atomic mass is 16.4. The SMILES string of the molecule is CC[C@H](C)[C@H](NC(=O)[C@H](CCCCN)NC(=O)[C@H](CC(C)C)NC(=O)[C@H](CCC(=O)O)NC(=O)[C@H](CCCN=C(N)N)NC(=O)[C@@H](N)CC(=O)O)C(=O)O. The lowest BCUT2D eigenvalue weighted by molar-refractivity contribution is -0.144. The Kier molecular flexibility index (Phi) is 23.4. The zero-order valence-corrected chi connectivity index (χ0v) is 31.5. The molecule has 0 saturated heterocycles. The average Bonchev–Trinajstić information content (AvgIpc) is 3.07. The van der Waals surface area contributed by atoms with Gasteiger partial charge in [-0.15, -0.1) is 0 Å². The summed E-state index contributed by atoms with van der Waals surface area (Å²) in [5, 5.41) is 40.5. The molecule has 54 heavy (non-hydrogen) atoms. The van der Waals surface area contributed by atoms with Gasteiger partial charge in [-0.05, 0) is 63.3 Å². The van der Waals surface area contributed by atoms with Crippen molar-refractivity contribution >= 4 is 53.4 Å². The van der Waals surface area contributed by atoms with Crippen LogP contribution in [0.4, 0.5) is 0 Å². The van der Waals surface area contributed by atoms with Crippen LogP contribution in [0, 0.1) is 11.8 Å².